The normalized spacial score (nSPS) is 14.8. The van der Waals surface area contributed by atoms with E-state index in [1.54, 1.807) is 0 Å². The number of hydrogen-bond donors (Lipinski definition) is 2. The maximum absolute atomic E-state index is 12.8. The van der Waals surface area contributed by atoms with Crippen LogP contribution in [0.15, 0.2) is 29.4 Å². The van der Waals surface area contributed by atoms with E-state index < -0.39 is 0 Å². The molecule has 0 saturated carbocycles. The molecule has 1 amide bonds. The molecule has 0 bridgehead atoms. The number of nitrogens with zero attached hydrogens (tertiary/aromatic N) is 3. The maximum atomic E-state index is 12.8. The molecule has 0 spiro atoms. The minimum Gasteiger partial charge on any atom is -0.492 e. The quantitative estimate of drug-likeness (QED) is 0.682. The number of aryl methyl sites for hydroxylation is 1. The fourth-order valence-electron chi connectivity index (χ4n) is 3.00. The number of carbonyl (C=O) groups is 1. The Hall–Kier alpha value is -2.87. The van der Waals surface area contributed by atoms with Gasteiger partial charge < -0.3 is 19.8 Å². The van der Waals surface area contributed by atoms with E-state index in [9.17, 15) is 4.79 Å². The predicted molar refractivity (Wildman–Crippen MR) is 108 cm³/mol. The van der Waals surface area contributed by atoms with Gasteiger partial charge in [-0.3, -0.25) is 9.89 Å². The van der Waals surface area contributed by atoms with Crippen LogP contribution in [-0.4, -0.2) is 60.6 Å². The molecule has 0 unspecified atom stereocenters. The van der Waals surface area contributed by atoms with Gasteiger partial charge in [0.05, 0.1) is 11.3 Å². The van der Waals surface area contributed by atoms with Gasteiger partial charge in [0.1, 0.15) is 19.0 Å². The molecule has 28 heavy (non-hydrogen) atoms. The van der Waals surface area contributed by atoms with Crippen LogP contribution < -0.4 is 10.1 Å². The third kappa shape index (κ3) is 4.89. The van der Waals surface area contributed by atoms with Crippen molar-refractivity contribution in [3.8, 4) is 5.75 Å². The summed E-state index contributed by atoms with van der Waals surface area (Å²) in [5, 5.41) is 14.3. The number of hydrogen-bond acceptors (Lipinski definition) is 6. The molecular formula is C20H27N5O3. The molecule has 1 aromatic carbocycles. The Balaban J connectivity index is 1.68. The van der Waals surface area contributed by atoms with Crippen molar-refractivity contribution in [3.05, 3.63) is 41.2 Å². The van der Waals surface area contributed by atoms with Crippen LogP contribution in [0.1, 0.15) is 41.5 Å². The van der Waals surface area contributed by atoms with Crippen LogP contribution in [0.5, 0.6) is 5.75 Å². The number of rotatable bonds is 8. The molecule has 1 aliphatic carbocycles. The van der Waals surface area contributed by atoms with Crippen molar-refractivity contribution in [1.29, 1.82) is 0 Å². The number of carbonyl (C=O) groups excluding carboxylic acids is 1. The molecule has 0 atom stereocenters. The number of oxime groups is 1. The lowest BCUT2D eigenvalue weighted by atomic mass is 9.93. The lowest BCUT2D eigenvalue weighted by Gasteiger charge is -2.14. The van der Waals surface area contributed by atoms with Crippen LogP contribution in [0, 0.1) is 0 Å². The Morgan fingerprint density at radius 1 is 1.29 bits per heavy atom. The number of fused-ring (bicyclic) bond motifs is 1. The van der Waals surface area contributed by atoms with E-state index in [1.165, 1.54) is 0 Å². The van der Waals surface area contributed by atoms with E-state index in [-0.39, 0.29) is 5.91 Å². The van der Waals surface area contributed by atoms with Gasteiger partial charge in [-0.2, -0.15) is 5.10 Å². The van der Waals surface area contributed by atoms with E-state index in [0.717, 1.165) is 48.5 Å². The minimum absolute atomic E-state index is 0.273. The fourth-order valence-corrected chi connectivity index (χ4v) is 3.00. The van der Waals surface area contributed by atoms with Crippen LogP contribution in [0.3, 0.4) is 0 Å². The summed E-state index contributed by atoms with van der Waals surface area (Å²) in [7, 11) is 4.00. The highest BCUT2D eigenvalue weighted by Crippen LogP contribution is 2.24. The predicted octanol–water partition coefficient (Wildman–Crippen LogP) is 2.68. The molecule has 2 N–H and O–H groups in total. The van der Waals surface area contributed by atoms with Gasteiger partial charge >= 0.3 is 0 Å². The third-order valence-electron chi connectivity index (χ3n) is 4.41. The van der Waals surface area contributed by atoms with Gasteiger partial charge in [-0.05, 0) is 64.5 Å². The van der Waals surface area contributed by atoms with Gasteiger partial charge in [0.2, 0.25) is 0 Å². The standard InChI is InChI=1S/C20H27N5O3/c1-4-28-24-17-7-5-6-16-18(17)19(23-22-16)20(26)21-14-8-10-15(11-9-14)27-13-12-25(2)3/h8-11H,4-7,12-13H2,1-3H3,(H,21,26)(H,22,23)/b24-17+. The van der Waals surface area contributed by atoms with Crippen molar-refractivity contribution in [3.63, 3.8) is 0 Å². The van der Waals surface area contributed by atoms with E-state index in [4.69, 9.17) is 9.57 Å². The molecule has 8 nitrogen and oxygen atoms in total. The molecule has 2 aromatic rings. The van der Waals surface area contributed by atoms with Crippen molar-refractivity contribution >= 4 is 17.3 Å². The monoisotopic (exact) mass is 385 g/mol. The zero-order valence-corrected chi connectivity index (χ0v) is 16.6. The first-order chi connectivity index (χ1) is 13.6. The fraction of sp³-hybridized carbons (Fsp3) is 0.450. The summed E-state index contributed by atoms with van der Waals surface area (Å²) in [4.78, 5) is 20.0. The minimum atomic E-state index is -0.273. The van der Waals surface area contributed by atoms with Crippen LogP contribution in [0.4, 0.5) is 5.69 Å². The topological polar surface area (TPSA) is 91.8 Å². The molecule has 0 aliphatic heterocycles. The van der Waals surface area contributed by atoms with E-state index >= 15 is 0 Å². The Labute approximate surface area is 164 Å². The SMILES string of the molecule is CCO/N=C1\CCCc2[nH]nc(C(=O)Nc3ccc(OCCN(C)C)cc3)c21. The smallest absolute Gasteiger partial charge is 0.276 e. The van der Waals surface area contributed by atoms with Crippen LogP contribution in [-0.2, 0) is 11.3 Å². The summed E-state index contributed by atoms with van der Waals surface area (Å²) in [6.07, 6.45) is 2.57. The molecule has 150 valence electrons. The second kappa shape index (κ2) is 9.36. The third-order valence-corrected chi connectivity index (χ3v) is 4.41. The van der Waals surface area contributed by atoms with Crippen molar-refractivity contribution < 1.29 is 14.4 Å². The first-order valence-corrected chi connectivity index (χ1v) is 9.54. The molecule has 3 rings (SSSR count). The summed E-state index contributed by atoms with van der Waals surface area (Å²) in [5.41, 5.74) is 3.49. The summed E-state index contributed by atoms with van der Waals surface area (Å²) in [5.74, 6) is 0.494. The number of anilines is 1. The summed E-state index contributed by atoms with van der Waals surface area (Å²) in [6, 6.07) is 7.31. The number of benzene rings is 1. The van der Waals surface area contributed by atoms with Gasteiger partial charge in [-0.25, -0.2) is 0 Å². The Morgan fingerprint density at radius 2 is 2.07 bits per heavy atom. The van der Waals surface area contributed by atoms with Gasteiger partial charge in [0.15, 0.2) is 5.69 Å². The lowest BCUT2D eigenvalue weighted by molar-refractivity contribution is 0.102. The first-order valence-electron chi connectivity index (χ1n) is 9.54. The average molecular weight is 385 g/mol. The number of amides is 1. The lowest BCUT2D eigenvalue weighted by Crippen LogP contribution is -2.20. The van der Waals surface area contributed by atoms with Gasteiger partial charge in [-0.15, -0.1) is 0 Å². The first kappa shape index (κ1) is 19.9. The molecular weight excluding hydrogens is 358 g/mol. The highest BCUT2D eigenvalue weighted by atomic mass is 16.6. The second-order valence-electron chi connectivity index (χ2n) is 6.87. The van der Waals surface area contributed by atoms with Crippen molar-refractivity contribution in [2.24, 2.45) is 5.16 Å². The molecule has 1 aromatic heterocycles. The number of aromatic amines is 1. The van der Waals surface area contributed by atoms with E-state index in [0.29, 0.717) is 24.6 Å². The van der Waals surface area contributed by atoms with Crippen LogP contribution in [0.25, 0.3) is 0 Å². The highest BCUT2D eigenvalue weighted by Gasteiger charge is 2.27. The van der Waals surface area contributed by atoms with Crippen LogP contribution in [0.2, 0.25) is 0 Å². The van der Waals surface area contributed by atoms with Crippen molar-refractivity contribution in [2.75, 3.05) is 39.2 Å². The van der Waals surface area contributed by atoms with Crippen molar-refractivity contribution in [2.45, 2.75) is 26.2 Å². The average Bonchev–Trinajstić information content (AvgIpc) is 3.12. The molecule has 8 heteroatoms. The van der Waals surface area contributed by atoms with Gasteiger partial charge in [0.25, 0.3) is 5.91 Å². The number of aromatic nitrogens is 2. The van der Waals surface area contributed by atoms with E-state index in [1.807, 2.05) is 45.3 Å². The zero-order valence-electron chi connectivity index (χ0n) is 16.6. The number of likely N-dealkylation sites (N-methyl/N-ethyl adjacent to an activating group) is 1. The largest absolute Gasteiger partial charge is 0.492 e. The number of nitrogens with one attached hydrogen (secondary N) is 2. The number of ether oxygens (including phenoxy) is 1. The molecule has 1 aliphatic rings. The molecule has 0 fully saturated rings. The van der Waals surface area contributed by atoms with E-state index in [2.05, 4.69) is 25.6 Å². The summed E-state index contributed by atoms with van der Waals surface area (Å²) < 4.78 is 5.67. The zero-order chi connectivity index (χ0) is 19.9. The molecule has 0 saturated heterocycles. The molecule has 0 radical (unpaired) electrons. The number of H-pyrrole nitrogens is 1. The summed E-state index contributed by atoms with van der Waals surface area (Å²) in [6.45, 7) is 3.82. The van der Waals surface area contributed by atoms with Crippen molar-refractivity contribution in [1.82, 2.24) is 15.1 Å². The maximum Gasteiger partial charge on any atom is 0.276 e. The second-order valence-corrected chi connectivity index (χ2v) is 6.87. The van der Waals surface area contributed by atoms with Crippen LogP contribution >= 0.6 is 0 Å². The van der Waals surface area contributed by atoms with Gasteiger partial charge in [0, 0.05) is 17.9 Å². The molecule has 1 heterocycles. The summed E-state index contributed by atoms with van der Waals surface area (Å²) >= 11 is 0. The Morgan fingerprint density at radius 3 is 2.79 bits per heavy atom. The highest BCUT2D eigenvalue weighted by molar-refractivity contribution is 6.14. The van der Waals surface area contributed by atoms with Gasteiger partial charge in [-0.1, -0.05) is 5.16 Å². The Bertz CT molecular complexity index is 827. The Kier molecular flexibility index (Phi) is 6.65.